The zero-order valence-electron chi connectivity index (χ0n) is 20.5. The molecule has 32 heavy (non-hydrogen) atoms. The Morgan fingerprint density at radius 1 is 1.25 bits per heavy atom. The van der Waals surface area contributed by atoms with E-state index in [-0.39, 0.29) is 16.7 Å². The molecule has 5 nitrogen and oxygen atoms in total. The molecule has 1 aromatic carbocycles. The molecule has 1 aromatic rings. The number of fused-ring (bicyclic) bond motifs is 1. The normalized spacial score (nSPS) is 45.6. The number of methoxy groups -OCH3 is 2. The standard InChI is InChI=1S/C27H37NO4/c1-8-16-17-9-10-18(30-6)21-20(17)26-13-14-28(5)22(16)25(26)11-12-27(31-7,24(26,4)32-21)19(15-25)23(2,3)29/h9-12,16,19,22,29H,8,13-15H2,1-7H3/t16?,19?,22?,24?,25?,26-,27?/m0/s1. The minimum Gasteiger partial charge on any atom is -0.493 e. The molecule has 1 saturated heterocycles. The number of likely N-dealkylation sites (tertiary alicyclic amines) is 1. The molecule has 4 bridgehead atoms. The van der Waals surface area contributed by atoms with E-state index in [4.69, 9.17) is 14.2 Å². The first-order chi connectivity index (χ1) is 15.1. The Hall–Kier alpha value is -1.56. The van der Waals surface area contributed by atoms with Crippen molar-refractivity contribution in [1.82, 2.24) is 4.90 Å². The third-order valence-electron chi connectivity index (χ3n) is 10.4. The highest BCUT2D eigenvalue weighted by Gasteiger charge is 2.85. The Morgan fingerprint density at radius 3 is 2.62 bits per heavy atom. The average molecular weight is 440 g/mol. The Balaban J connectivity index is 1.78. The van der Waals surface area contributed by atoms with E-state index in [1.54, 1.807) is 14.2 Å². The van der Waals surface area contributed by atoms with Gasteiger partial charge >= 0.3 is 0 Å². The predicted octanol–water partition coefficient (Wildman–Crippen LogP) is 4.03. The SMILES string of the molecule is CCC1c2ccc(OC)c3c2[C@]24CCN(C)C1C21C=CC(OC)(C(C(C)(C)O)C1)C4(C)O3. The minimum atomic E-state index is -0.907. The van der Waals surface area contributed by atoms with E-state index in [2.05, 4.69) is 50.1 Å². The van der Waals surface area contributed by atoms with Gasteiger partial charge in [-0.1, -0.05) is 25.1 Å². The molecule has 6 unspecified atom stereocenters. The summed E-state index contributed by atoms with van der Waals surface area (Å²) in [5.41, 5.74) is 0.149. The molecule has 2 aliphatic heterocycles. The molecule has 174 valence electrons. The largest absolute Gasteiger partial charge is 0.493 e. The second-order valence-corrected chi connectivity index (χ2v) is 11.6. The molecule has 0 aromatic heterocycles. The number of hydrogen-bond acceptors (Lipinski definition) is 5. The van der Waals surface area contributed by atoms with E-state index in [1.165, 1.54) is 11.1 Å². The Labute approximate surface area is 191 Å². The third kappa shape index (κ3) is 1.82. The molecule has 0 amide bonds. The van der Waals surface area contributed by atoms with Gasteiger partial charge in [-0.05, 0) is 65.3 Å². The molecule has 7 rings (SSSR count). The lowest BCUT2D eigenvalue weighted by atomic mass is 9.31. The molecule has 5 heteroatoms. The quantitative estimate of drug-likeness (QED) is 0.718. The number of aliphatic hydroxyl groups is 1. The van der Waals surface area contributed by atoms with Crippen molar-refractivity contribution in [3.63, 3.8) is 0 Å². The number of rotatable bonds is 4. The number of piperidine rings is 1. The van der Waals surface area contributed by atoms with Crippen molar-refractivity contribution in [1.29, 1.82) is 0 Å². The maximum absolute atomic E-state index is 11.5. The summed E-state index contributed by atoms with van der Waals surface area (Å²) in [5.74, 6) is 2.03. The maximum atomic E-state index is 11.5. The Kier molecular flexibility index (Phi) is 3.88. The lowest BCUT2D eigenvalue weighted by Crippen LogP contribution is -2.85. The van der Waals surface area contributed by atoms with Gasteiger partial charge in [0.05, 0.1) is 18.1 Å². The smallest absolute Gasteiger partial charge is 0.166 e. The van der Waals surface area contributed by atoms with Crippen LogP contribution < -0.4 is 9.47 Å². The fraction of sp³-hybridized carbons (Fsp3) is 0.704. The van der Waals surface area contributed by atoms with Crippen molar-refractivity contribution in [2.45, 2.75) is 81.1 Å². The first-order valence-electron chi connectivity index (χ1n) is 12.2. The Bertz CT molecular complexity index is 1030. The molecule has 2 fully saturated rings. The highest BCUT2D eigenvalue weighted by molar-refractivity contribution is 5.68. The third-order valence-corrected chi connectivity index (χ3v) is 10.4. The zero-order chi connectivity index (χ0) is 22.9. The monoisotopic (exact) mass is 439 g/mol. The van der Waals surface area contributed by atoms with Gasteiger partial charge in [-0.15, -0.1) is 0 Å². The molecule has 2 spiro atoms. The summed E-state index contributed by atoms with van der Waals surface area (Å²) in [6.07, 6.45) is 7.71. The highest BCUT2D eigenvalue weighted by Crippen LogP contribution is 2.80. The van der Waals surface area contributed by atoms with Gasteiger partial charge in [-0.2, -0.15) is 0 Å². The van der Waals surface area contributed by atoms with Crippen LogP contribution in [0.25, 0.3) is 0 Å². The molecule has 4 aliphatic carbocycles. The van der Waals surface area contributed by atoms with Gasteiger partial charge in [0.1, 0.15) is 11.2 Å². The summed E-state index contributed by atoms with van der Waals surface area (Å²) in [6, 6.07) is 4.73. The van der Waals surface area contributed by atoms with Crippen molar-refractivity contribution in [2.24, 2.45) is 11.3 Å². The number of ether oxygens (including phenoxy) is 3. The predicted molar refractivity (Wildman–Crippen MR) is 123 cm³/mol. The van der Waals surface area contributed by atoms with Crippen molar-refractivity contribution >= 4 is 0 Å². The van der Waals surface area contributed by atoms with Gasteiger partial charge in [-0.25, -0.2) is 0 Å². The van der Waals surface area contributed by atoms with Crippen LogP contribution in [0, 0.1) is 11.3 Å². The van der Waals surface area contributed by atoms with Crippen LogP contribution in [0.2, 0.25) is 0 Å². The van der Waals surface area contributed by atoms with Crippen LogP contribution in [0.1, 0.15) is 64.0 Å². The van der Waals surface area contributed by atoms with Gasteiger partial charge in [0.2, 0.25) is 0 Å². The summed E-state index contributed by atoms with van der Waals surface area (Å²) in [4.78, 5) is 2.59. The van der Waals surface area contributed by atoms with E-state index < -0.39 is 16.8 Å². The fourth-order valence-corrected chi connectivity index (χ4v) is 9.37. The fourth-order valence-electron chi connectivity index (χ4n) is 9.37. The van der Waals surface area contributed by atoms with Crippen LogP contribution in [0.3, 0.4) is 0 Å². The molecular weight excluding hydrogens is 402 g/mol. The topological polar surface area (TPSA) is 51.2 Å². The van der Waals surface area contributed by atoms with Gasteiger partial charge in [0, 0.05) is 36.0 Å². The molecule has 1 saturated carbocycles. The van der Waals surface area contributed by atoms with Crippen LogP contribution >= 0.6 is 0 Å². The Morgan fingerprint density at radius 2 is 2.00 bits per heavy atom. The maximum Gasteiger partial charge on any atom is 0.166 e. The number of nitrogens with zero attached hydrogens (tertiary/aromatic N) is 1. The van der Waals surface area contributed by atoms with E-state index in [9.17, 15) is 5.11 Å². The lowest BCUT2D eigenvalue weighted by Gasteiger charge is -2.76. The van der Waals surface area contributed by atoms with Crippen molar-refractivity contribution < 1.29 is 19.3 Å². The second kappa shape index (κ2) is 5.92. The van der Waals surface area contributed by atoms with Gasteiger partial charge in [0.25, 0.3) is 0 Å². The van der Waals surface area contributed by atoms with E-state index in [0.29, 0.717) is 12.0 Å². The number of hydrogen-bond donors (Lipinski definition) is 1. The van der Waals surface area contributed by atoms with E-state index >= 15 is 0 Å². The average Bonchev–Trinajstić information content (AvgIpc) is 3.05. The van der Waals surface area contributed by atoms with Crippen molar-refractivity contribution in [2.75, 3.05) is 27.8 Å². The molecular formula is C27H37NO4. The van der Waals surface area contributed by atoms with Crippen molar-refractivity contribution in [3.05, 3.63) is 35.4 Å². The summed E-state index contributed by atoms with van der Waals surface area (Å²) in [6.45, 7) is 9.47. The molecule has 1 N–H and O–H groups in total. The zero-order valence-corrected chi connectivity index (χ0v) is 20.5. The lowest BCUT2D eigenvalue weighted by molar-refractivity contribution is -0.285. The molecule has 6 aliphatic rings. The van der Waals surface area contributed by atoms with Gasteiger partial charge in [-0.3, -0.25) is 0 Å². The number of benzene rings is 1. The van der Waals surface area contributed by atoms with Gasteiger partial charge in [0.15, 0.2) is 11.5 Å². The highest BCUT2D eigenvalue weighted by atomic mass is 16.6. The second-order valence-electron chi connectivity index (χ2n) is 11.6. The van der Waals surface area contributed by atoms with Crippen LogP contribution in [-0.2, 0) is 10.2 Å². The van der Waals surface area contributed by atoms with E-state index in [0.717, 1.165) is 37.3 Å². The summed E-state index contributed by atoms with van der Waals surface area (Å²) >= 11 is 0. The molecule has 7 atom stereocenters. The minimum absolute atomic E-state index is 0.0866. The van der Waals surface area contributed by atoms with Crippen LogP contribution in [0.4, 0.5) is 0 Å². The molecule has 0 radical (unpaired) electrons. The van der Waals surface area contributed by atoms with E-state index in [1.807, 2.05) is 13.8 Å². The van der Waals surface area contributed by atoms with Crippen LogP contribution in [0.15, 0.2) is 24.3 Å². The number of likely N-dealkylation sites (N-methyl/N-ethyl adjacent to an activating group) is 1. The summed E-state index contributed by atoms with van der Waals surface area (Å²) in [5, 5.41) is 11.5. The van der Waals surface area contributed by atoms with Crippen LogP contribution in [0.5, 0.6) is 11.5 Å². The van der Waals surface area contributed by atoms with Crippen molar-refractivity contribution in [3.8, 4) is 11.5 Å². The van der Waals surface area contributed by atoms with Gasteiger partial charge < -0.3 is 24.2 Å². The van der Waals surface area contributed by atoms with Crippen LogP contribution in [-0.4, -0.2) is 60.7 Å². The first-order valence-corrected chi connectivity index (χ1v) is 12.2. The molecule has 2 heterocycles. The summed E-state index contributed by atoms with van der Waals surface area (Å²) in [7, 11) is 5.81. The summed E-state index contributed by atoms with van der Waals surface area (Å²) < 4.78 is 19.5. The first kappa shape index (κ1) is 21.0.